The highest BCUT2D eigenvalue weighted by molar-refractivity contribution is 5.86. The van der Waals surface area contributed by atoms with Crippen LogP contribution in [0.2, 0.25) is 0 Å². The lowest BCUT2D eigenvalue weighted by atomic mass is 10.0. The second-order valence-electron chi connectivity index (χ2n) is 4.67. The van der Waals surface area contributed by atoms with Crippen molar-refractivity contribution in [3.8, 4) is 0 Å². The predicted molar refractivity (Wildman–Crippen MR) is 58.4 cm³/mol. The molecule has 0 aliphatic carbocycles. The molecular weight excluding hydrogens is 176 g/mol. The minimum atomic E-state index is 0.0995. The second kappa shape index (κ2) is 4.89. The van der Waals surface area contributed by atoms with Crippen molar-refractivity contribution in [1.29, 1.82) is 0 Å². The lowest BCUT2D eigenvalue weighted by Gasteiger charge is -2.27. The third kappa shape index (κ3) is 2.79. The van der Waals surface area contributed by atoms with E-state index in [9.17, 15) is 4.79 Å². The van der Waals surface area contributed by atoms with Crippen molar-refractivity contribution in [2.24, 2.45) is 5.92 Å². The van der Waals surface area contributed by atoms with Gasteiger partial charge in [0.2, 0.25) is 0 Å². The van der Waals surface area contributed by atoms with Crippen molar-refractivity contribution < 1.29 is 4.79 Å². The smallest absolute Gasteiger partial charge is 0.153 e. The molecule has 3 heteroatoms. The summed E-state index contributed by atoms with van der Waals surface area (Å²) in [5.41, 5.74) is 0. The molecule has 1 atom stereocenters. The van der Waals surface area contributed by atoms with Crippen LogP contribution in [0.1, 0.15) is 20.3 Å². The molecular formula is C11H22N2O. The zero-order valence-corrected chi connectivity index (χ0v) is 9.79. The first-order valence-electron chi connectivity index (χ1n) is 5.45. The number of carbonyl (C=O) groups excluding carboxylic acids is 1. The average Bonchev–Trinajstić information content (AvgIpc) is 2.27. The fourth-order valence-electron chi connectivity index (χ4n) is 1.96. The Morgan fingerprint density at radius 2 is 1.93 bits per heavy atom. The van der Waals surface area contributed by atoms with Crippen molar-refractivity contribution in [3.63, 3.8) is 0 Å². The Kier molecular flexibility index (Phi) is 4.08. The summed E-state index contributed by atoms with van der Waals surface area (Å²) < 4.78 is 0. The lowest BCUT2D eigenvalue weighted by molar-refractivity contribution is -0.127. The molecule has 0 aromatic rings. The summed E-state index contributed by atoms with van der Waals surface area (Å²) in [5.74, 6) is 0.523. The van der Waals surface area contributed by atoms with Gasteiger partial charge in [0, 0.05) is 12.5 Å². The van der Waals surface area contributed by atoms with Crippen LogP contribution in [0, 0.1) is 5.92 Å². The van der Waals surface area contributed by atoms with Gasteiger partial charge in [-0.25, -0.2) is 0 Å². The number of likely N-dealkylation sites (N-methyl/N-ethyl adjacent to an activating group) is 2. The molecule has 0 bridgehead atoms. The van der Waals surface area contributed by atoms with Crippen LogP contribution in [0.5, 0.6) is 0 Å². The van der Waals surface area contributed by atoms with E-state index in [1.807, 2.05) is 13.8 Å². The summed E-state index contributed by atoms with van der Waals surface area (Å²) in [7, 11) is 4.16. The topological polar surface area (TPSA) is 23.6 Å². The van der Waals surface area contributed by atoms with Gasteiger partial charge in [0.1, 0.15) is 0 Å². The number of hydrogen-bond donors (Lipinski definition) is 0. The molecule has 1 aliphatic heterocycles. The van der Waals surface area contributed by atoms with Gasteiger partial charge in [0.15, 0.2) is 5.78 Å². The van der Waals surface area contributed by atoms with E-state index in [0.717, 1.165) is 26.1 Å². The molecule has 0 spiro atoms. The summed E-state index contributed by atoms with van der Waals surface area (Å²) in [5, 5.41) is 0. The van der Waals surface area contributed by atoms with Crippen LogP contribution in [-0.4, -0.2) is 55.4 Å². The molecule has 0 N–H and O–H groups in total. The van der Waals surface area contributed by atoms with Gasteiger partial charge in [-0.2, -0.15) is 0 Å². The van der Waals surface area contributed by atoms with Crippen LogP contribution in [0.15, 0.2) is 0 Å². The minimum Gasteiger partial charge on any atom is -0.304 e. The van der Waals surface area contributed by atoms with E-state index in [1.54, 1.807) is 0 Å². The molecule has 0 radical (unpaired) electrons. The fraction of sp³-hybridized carbons (Fsp3) is 0.909. The van der Waals surface area contributed by atoms with Gasteiger partial charge in [-0.15, -0.1) is 0 Å². The lowest BCUT2D eigenvalue weighted by Crippen LogP contribution is -2.45. The molecule has 0 amide bonds. The van der Waals surface area contributed by atoms with Gasteiger partial charge in [0.05, 0.1) is 6.04 Å². The Morgan fingerprint density at radius 3 is 2.50 bits per heavy atom. The molecule has 1 unspecified atom stereocenters. The monoisotopic (exact) mass is 198 g/mol. The van der Waals surface area contributed by atoms with Crippen molar-refractivity contribution in [3.05, 3.63) is 0 Å². The zero-order chi connectivity index (χ0) is 10.7. The molecule has 0 aromatic carbocycles. The first-order valence-corrected chi connectivity index (χ1v) is 5.45. The molecule has 1 fully saturated rings. The molecule has 1 rings (SSSR count). The van der Waals surface area contributed by atoms with E-state index in [0.29, 0.717) is 5.78 Å². The first-order chi connectivity index (χ1) is 6.52. The van der Waals surface area contributed by atoms with Crippen LogP contribution < -0.4 is 0 Å². The van der Waals surface area contributed by atoms with Gasteiger partial charge in [-0.3, -0.25) is 9.69 Å². The van der Waals surface area contributed by atoms with E-state index in [4.69, 9.17) is 0 Å². The SMILES string of the molecule is CC(C)C(=O)C1CN(C)CCCN1C. The van der Waals surface area contributed by atoms with E-state index >= 15 is 0 Å². The molecule has 14 heavy (non-hydrogen) atoms. The Bertz CT molecular complexity index is 203. The zero-order valence-electron chi connectivity index (χ0n) is 9.79. The summed E-state index contributed by atoms with van der Waals surface area (Å²) in [6, 6.07) is 0.0995. The summed E-state index contributed by atoms with van der Waals surface area (Å²) in [6.07, 6.45) is 1.16. The molecule has 0 saturated carbocycles. The number of nitrogens with zero attached hydrogens (tertiary/aromatic N) is 2. The molecule has 1 saturated heterocycles. The summed E-state index contributed by atoms with van der Waals surface area (Å²) in [6.45, 7) is 7.00. The summed E-state index contributed by atoms with van der Waals surface area (Å²) >= 11 is 0. The highest BCUT2D eigenvalue weighted by Gasteiger charge is 2.28. The van der Waals surface area contributed by atoms with E-state index in [-0.39, 0.29) is 12.0 Å². The predicted octanol–water partition coefficient (Wildman–Crippen LogP) is 0.847. The third-order valence-corrected chi connectivity index (χ3v) is 2.96. The number of hydrogen-bond acceptors (Lipinski definition) is 3. The van der Waals surface area contributed by atoms with Gasteiger partial charge in [0.25, 0.3) is 0 Å². The maximum Gasteiger partial charge on any atom is 0.153 e. The Labute approximate surface area is 87.1 Å². The molecule has 1 heterocycles. The van der Waals surface area contributed by atoms with Gasteiger partial charge < -0.3 is 4.90 Å². The van der Waals surface area contributed by atoms with Crippen molar-refractivity contribution in [1.82, 2.24) is 9.80 Å². The number of carbonyl (C=O) groups is 1. The molecule has 1 aliphatic rings. The second-order valence-corrected chi connectivity index (χ2v) is 4.67. The van der Waals surface area contributed by atoms with Crippen LogP contribution >= 0.6 is 0 Å². The average molecular weight is 198 g/mol. The van der Waals surface area contributed by atoms with Gasteiger partial charge >= 0.3 is 0 Å². The Hall–Kier alpha value is -0.410. The molecule has 3 nitrogen and oxygen atoms in total. The van der Waals surface area contributed by atoms with E-state index < -0.39 is 0 Å². The van der Waals surface area contributed by atoms with Crippen molar-refractivity contribution in [2.75, 3.05) is 33.7 Å². The largest absolute Gasteiger partial charge is 0.304 e. The molecule has 0 aromatic heterocycles. The molecule has 82 valence electrons. The number of ketones is 1. The van der Waals surface area contributed by atoms with Crippen LogP contribution in [0.25, 0.3) is 0 Å². The Morgan fingerprint density at radius 1 is 1.29 bits per heavy atom. The van der Waals surface area contributed by atoms with E-state index in [1.165, 1.54) is 0 Å². The summed E-state index contributed by atoms with van der Waals surface area (Å²) in [4.78, 5) is 16.4. The van der Waals surface area contributed by atoms with Gasteiger partial charge in [-0.1, -0.05) is 13.8 Å². The number of Topliss-reactive ketones (excluding diaryl/α,β-unsaturated/α-hetero) is 1. The van der Waals surface area contributed by atoms with Gasteiger partial charge in [-0.05, 0) is 33.6 Å². The maximum absolute atomic E-state index is 11.9. The third-order valence-electron chi connectivity index (χ3n) is 2.96. The standard InChI is InChI=1S/C11H22N2O/c1-9(2)11(14)10-8-12(3)6-5-7-13(10)4/h9-10H,5-8H2,1-4H3. The van der Waals surface area contributed by atoms with Crippen LogP contribution in [0.3, 0.4) is 0 Å². The fourth-order valence-corrected chi connectivity index (χ4v) is 1.96. The van der Waals surface area contributed by atoms with Crippen LogP contribution in [0.4, 0.5) is 0 Å². The first kappa shape index (κ1) is 11.7. The van der Waals surface area contributed by atoms with Crippen molar-refractivity contribution >= 4 is 5.78 Å². The van der Waals surface area contributed by atoms with E-state index in [2.05, 4.69) is 23.9 Å². The Balaban J connectivity index is 2.67. The minimum absolute atomic E-state index is 0.0995. The number of rotatable bonds is 2. The highest BCUT2D eigenvalue weighted by Crippen LogP contribution is 2.11. The quantitative estimate of drug-likeness (QED) is 0.657. The van der Waals surface area contributed by atoms with Crippen LogP contribution in [-0.2, 0) is 4.79 Å². The maximum atomic E-state index is 11.9. The van der Waals surface area contributed by atoms with Crippen molar-refractivity contribution in [2.45, 2.75) is 26.3 Å². The normalized spacial score (nSPS) is 26.5. The highest BCUT2D eigenvalue weighted by atomic mass is 16.1.